The van der Waals surface area contributed by atoms with E-state index in [1.165, 1.54) is 0 Å². The zero-order chi connectivity index (χ0) is 17.9. The van der Waals surface area contributed by atoms with Gasteiger partial charge in [0.2, 0.25) is 5.79 Å². The maximum absolute atomic E-state index is 13.6. The molecule has 2 aliphatic heterocycles. The number of halogens is 1. The third kappa shape index (κ3) is 3.69. The molecule has 0 aliphatic carbocycles. The predicted octanol–water partition coefficient (Wildman–Crippen LogP) is 1.29. The van der Waals surface area contributed by atoms with Crippen molar-refractivity contribution in [1.29, 1.82) is 0 Å². The topological polar surface area (TPSA) is 75.5 Å². The molecule has 7 nitrogen and oxygen atoms in total. The Labute approximate surface area is 145 Å². The molecule has 3 rings (SSSR count). The van der Waals surface area contributed by atoms with Gasteiger partial charge < -0.3 is 24.6 Å². The van der Waals surface area contributed by atoms with E-state index >= 15 is 0 Å². The van der Waals surface area contributed by atoms with Crippen LogP contribution in [0.4, 0.5) is 4.39 Å². The number of aliphatic hydroxyl groups excluding tert-OH is 1. The Kier molecular flexibility index (Phi) is 5.10. The third-order valence-electron chi connectivity index (χ3n) is 4.26. The van der Waals surface area contributed by atoms with Crippen molar-refractivity contribution in [3.63, 3.8) is 0 Å². The lowest BCUT2D eigenvalue weighted by atomic mass is 10.2. The van der Waals surface area contributed by atoms with Gasteiger partial charge in [-0.3, -0.25) is 4.90 Å². The number of hydrogen-bond donors (Lipinski definition) is 2. The maximum Gasteiger partial charge on any atom is 0.213 e. The molecule has 0 aromatic heterocycles. The molecule has 8 heteroatoms. The molecule has 0 spiro atoms. The second-order valence-electron chi connectivity index (χ2n) is 5.89. The number of likely N-dealkylation sites (tertiary alicyclic amines) is 1. The molecular weight excluding hydrogens is 329 g/mol. The molecule has 1 unspecified atom stereocenters. The zero-order valence-electron chi connectivity index (χ0n) is 14.2. The van der Waals surface area contributed by atoms with Crippen LogP contribution in [0.2, 0.25) is 0 Å². The van der Waals surface area contributed by atoms with Gasteiger partial charge in [0, 0.05) is 43.6 Å². The minimum Gasteiger partial charge on any atom is -0.496 e. The van der Waals surface area contributed by atoms with Gasteiger partial charge in [0.25, 0.3) is 0 Å². The van der Waals surface area contributed by atoms with Gasteiger partial charge in [0.05, 0.1) is 14.2 Å². The summed E-state index contributed by atoms with van der Waals surface area (Å²) in [5.74, 6) is 0.956. The quantitative estimate of drug-likeness (QED) is 0.804. The molecular formula is C17H22FN3O4. The summed E-state index contributed by atoms with van der Waals surface area (Å²) in [5, 5.41) is 12.9. The predicted molar refractivity (Wildman–Crippen MR) is 90.8 cm³/mol. The number of rotatable bonds is 6. The van der Waals surface area contributed by atoms with Gasteiger partial charge in [-0.2, -0.15) is 0 Å². The fourth-order valence-corrected chi connectivity index (χ4v) is 2.92. The van der Waals surface area contributed by atoms with Crippen LogP contribution in [0.5, 0.6) is 17.2 Å². The van der Waals surface area contributed by atoms with E-state index in [1.54, 1.807) is 49.6 Å². The first-order valence-electron chi connectivity index (χ1n) is 8.03. The van der Waals surface area contributed by atoms with E-state index < -0.39 is 12.0 Å². The number of alkyl halides is 1. The standard InChI is InChI=1S/C17H22FN3O4/c1-23-13-7-14(24-2)9-15(8-13)25-16-3-5-19-17(11-22,20-16)21-6-4-12(18)10-21/h3,5,7-9,12,20,22H,4,6,10-11H2,1-2H3/t12?,17-/m0/s1. The number of aliphatic imine (C=N–C) groups is 1. The molecule has 2 atom stereocenters. The van der Waals surface area contributed by atoms with Crippen LogP contribution in [0.15, 0.2) is 35.2 Å². The highest BCUT2D eigenvalue weighted by atomic mass is 19.1. The van der Waals surface area contributed by atoms with Crippen LogP contribution < -0.4 is 19.5 Å². The molecule has 1 aromatic carbocycles. The fourth-order valence-electron chi connectivity index (χ4n) is 2.92. The molecule has 1 fully saturated rings. The summed E-state index contributed by atoms with van der Waals surface area (Å²) in [7, 11) is 3.11. The van der Waals surface area contributed by atoms with Gasteiger partial charge in [0.1, 0.15) is 30.0 Å². The van der Waals surface area contributed by atoms with Crippen LogP contribution in [-0.4, -0.2) is 62.1 Å². The van der Waals surface area contributed by atoms with Crippen molar-refractivity contribution in [2.24, 2.45) is 4.99 Å². The van der Waals surface area contributed by atoms with Gasteiger partial charge in [-0.15, -0.1) is 0 Å². The summed E-state index contributed by atoms with van der Waals surface area (Å²) in [5.41, 5.74) is 0. The van der Waals surface area contributed by atoms with Crippen molar-refractivity contribution in [3.05, 3.63) is 30.2 Å². The second kappa shape index (κ2) is 7.28. The molecule has 2 aliphatic rings. The van der Waals surface area contributed by atoms with Gasteiger partial charge in [-0.1, -0.05) is 0 Å². The van der Waals surface area contributed by atoms with Crippen molar-refractivity contribution in [1.82, 2.24) is 10.2 Å². The van der Waals surface area contributed by atoms with E-state index in [2.05, 4.69) is 10.3 Å². The number of benzene rings is 1. The number of ether oxygens (including phenoxy) is 3. The van der Waals surface area contributed by atoms with Gasteiger partial charge in [0.15, 0.2) is 5.88 Å². The summed E-state index contributed by atoms with van der Waals surface area (Å²) in [6.07, 6.45) is 2.69. The monoisotopic (exact) mass is 351 g/mol. The molecule has 1 aromatic rings. The highest BCUT2D eigenvalue weighted by molar-refractivity contribution is 5.73. The van der Waals surface area contributed by atoms with Crippen molar-refractivity contribution in [3.8, 4) is 17.2 Å². The van der Waals surface area contributed by atoms with Crippen molar-refractivity contribution < 1.29 is 23.7 Å². The minimum absolute atomic E-state index is 0.213. The summed E-state index contributed by atoms with van der Waals surface area (Å²) >= 11 is 0. The van der Waals surface area contributed by atoms with Crippen LogP contribution in [0.25, 0.3) is 0 Å². The van der Waals surface area contributed by atoms with Gasteiger partial charge in [-0.25, -0.2) is 9.38 Å². The van der Waals surface area contributed by atoms with Crippen LogP contribution in [-0.2, 0) is 0 Å². The SMILES string of the molecule is COc1cc(OC)cc(OC2=CC=N[C@](CO)(N3CCC(F)C3)N2)c1. The maximum atomic E-state index is 13.6. The first-order chi connectivity index (χ1) is 12.1. The van der Waals surface area contributed by atoms with Crippen molar-refractivity contribution >= 4 is 6.21 Å². The van der Waals surface area contributed by atoms with E-state index in [0.717, 1.165) is 0 Å². The highest BCUT2D eigenvalue weighted by Crippen LogP contribution is 2.30. The Hall–Kier alpha value is -2.32. The molecule has 2 heterocycles. The molecule has 2 N–H and O–H groups in total. The second-order valence-corrected chi connectivity index (χ2v) is 5.89. The number of methoxy groups -OCH3 is 2. The first kappa shape index (κ1) is 17.5. The molecule has 1 saturated heterocycles. The fraction of sp³-hybridized carbons (Fsp3) is 0.471. The Morgan fingerprint density at radius 1 is 1.28 bits per heavy atom. The number of nitrogens with zero attached hydrogens (tertiary/aromatic N) is 2. The van der Waals surface area contributed by atoms with E-state index in [1.807, 2.05) is 0 Å². The van der Waals surface area contributed by atoms with E-state index in [-0.39, 0.29) is 13.2 Å². The molecule has 136 valence electrons. The van der Waals surface area contributed by atoms with Crippen LogP contribution in [0, 0.1) is 0 Å². The largest absolute Gasteiger partial charge is 0.496 e. The number of allylic oxidation sites excluding steroid dienone is 1. The molecule has 0 bridgehead atoms. The van der Waals surface area contributed by atoms with Crippen LogP contribution in [0.1, 0.15) is 6.42 Å². The Morgan fingerprint density at radius 3 is 2.52 bits per heavy atom. The zero-order valence-corrected chi connectivity index (χ0v) is 14.2. The third-order valence-corrected chi connectivity index (χ3v) is 4.26. The Bertz CT molecular complexity index is 660. The summed E-state index contributed by atoms with van der Waals surface area (Å²) in [6, 6.07) is 5.16. The number of nitrogens with one attached hydrogen (secondary N) is 1. The smallest absolute Gasteiger partial charge is 0.213 e. The molecule has 0 radical (unpaired) electrons. The summed E-state index contributed by atoms with van der Waals surface area (Å²) < 4.78 is 29.9. The molecule has 25 heavy (non-hydrogen) atoms. The normalized spacial score (nSPS) is 26.1. The number of hydrogen-bond acceptors (Lipinski definition) is 7. The van der Waals surface area contributed by atoms with Crippen molar-refractivity contribution in [2.45, 2.75) is 18.4 Å². The molecule has 0 saturated carbocycles. The summed E-state index contributed by atoms with van der Waals surface area (Å²) in [6.45, 7) is 0.413. The van der Waals surface area contributed by atoms with E-state index in [0.29, 0.717) is 36.1 Å². The highest BCUT2D eigenvalue weighted by Gasteiger charge is 2.42. The number of aliphatic hydroxyl groups is 1. The minimum atomic E-state index is -1.12. The lowest BCUT2D eigenvalue weighted by Gasteiger charge is -2.39. The van der Waals surface area contributed by atoms with Crippen molar-refractivity contribution in [2.75, 3.05) is 33.9 Å². The summed E-state index contributed by atoms with van der Waals surface area (Å²) in [4.78, 5) is 6.10. The lowest BCUT2D eigenvalue weighted by molar-refractivity contribution is 0.0194. The first-order valence-corrected chi connectivity index (χ1v) is 8.03. The Balaban J connectivity index is 1.78. The van der Waals surface area contributed by atoms with Gasteiger partial charge >= 0.3 is 0 Å². The van der Waals surface area contributed by atoms with Crippen LogP contribution >= 0.6 is 0 Å². The average molecular weight is 351 g/mol. The van der Waals surface area contributed by atoms with Gasteiger partial charge in [-0.05, 0) is 6.42 Å². The van der Waals surface area contributed by atoms with E-state index in [4.69, 9.17) is 14.2 Å². The van der Waals surface area contributed by atoms with Crippen LogP contribution in [0.3, 0.4) is 0 Å². The lowest BCUT2D eigenvalue weighted by Crippen LogP contribution is -2.60. The average Bonchev–Trinajstić information content (AvgIpc) is 3.08. The molecule has 0 amide bonds. The Morgan fingerprint density at radius 2 is 1.96 bits per heavy atom. The van der Waals surface area contributed by atoms with E-state index in [9.17, 15) is 9.50 Å².